The van der Waals surface area contributed by atoms with Gasteiger partial charge in [0, 0.05) is 12.1 Å². The predicted molar refractivity (Wildman–Crippen MR) is 360 cm³/mol. The van der Waals surface area contributed by atoms with Crippen molar-refractivity contribution >= 4 is 23.3 Å². The number of nitro groups is 2. The molecule has 0 amide bonds. The van der Waals surface area contributed by atoms with Gasteiger partial charge in [-0.3, -0.25) is 20.2 Å². The molecule has 0 saturated carbocycles. The van der Waals surface area contributed by atoms with Crippen molar-refractivity contribution in [1.82, 2.24) is 0 Å². The molecule has 14 nitrogen and oxygen atoms in total. The van der Waals surface area contributed by atoms with E-state index in [1.807, 2.05) is 62.4 Å². The fourth-order valence-corrected chi connectivity index (χ4v) is 10.6. The number of benzene rings is 6. The number of nitro benzene ring substituents is 2. The normalized spacial score (nSPS) is 11.7. The second kappa shape index (κ2) is 39.7. The molecule has 0 spiro atoms. The molecule has 0 aromatic heterocycles. The molecule has 0 aliphatic heterocycles. The quantitative estimate of drug-likeness (QED) is 0.00887. The molecule has 14 heteroatoms. The third-order valence-electron chi connectivity index (χ3n) is 16.0. The van der Waals surface area contributed by atoms with Gasteiger partial charge in [-0.2, -0.15) is 0 Å². The first-order valence-corrected chi connectivity index (χ1v) is 33.4. The summed E-state index contributed by atoms with van der Waals surface area (Å²) < 4.78 is 36.6. The number of ether oxygens (including phenoxy) is 6. The van der Waals surface area contributed by atoms with Gasteiger partial charge in [0.2, 0.25) is 11.5 Å². The van der Waals surface area contributed by atoms with Gasteiger partial charge in [-0.05, 0) is 123 Å². The second-order valence-corrected chi connectivity index (χ2v) is 23.6. The fraction of sp³-hybridized carbons (Fsp3) is 0.474. The maximum atomic E-state index is 13.9. The van der Waals surface area contributed by atoms with Crippen molar-refractivity contribution in [3.8, 4) is 68.6 Å². The highest BCUT2D eigenvalue weighted by atomic mass is 16.6. The van der Waals surface area contributed by atoms with E-state index < -0.39 is 45.4 Å². The molecular weight excluding hydrogens is 1130 g/mol. The monoisotopic (exact) mass is 1230 g/mol. The lowest BCUT2D eigenvalue weighted by atomic mass is 10.0. The molecule has 0 bridgehead atoms. The Morgan fingerprint density at radius 1 is 0.389 bits per heavy atom. The molecule has 6 aromatic carbocycles. The zero-order valence-corrected chi connectivity index (χ0v) is 54.3. The standard InChI is InChI=1S/C76H96N2O12/c1-7-11-15-19-21-23-25-29-51-85-67-47-43-61(44-48-67)59-33-37-63(38-34-59)75(79)89-73-53-65(71(55-69(73)77(81)82)87-57(5)31-27-17-13-9-3)41-42-66-54-74(70(78(83)84)56-72(66)88-58(6)32-28-18-14-10-4)90-76(80)64-39-35-60(36-40-64)62-45-49-68(50-46-62)86-52-30-26-24-22-20-16-12-8-2/h33-40,43-50,53-58H,7-32,51-52H2,1-6H3. The first-order valence-electron chi connectivity index (χ1n) is 33.4. The Hall–Kier alpha value is -8.18. The van der Waals surface area contributed by atoms with Crippen LogP contribution in [0.5, 0.6) is 34.5 Å². The van der Waals surface area contributed by atoms with E-state index >= 15 is 0 Å². The number of rotatable bonds is 42. The van der Waals surface area contributed by atoms with Crippen LogP contribution >= 0.6 is 0 Å². The predicted octanol–water partition coefficient (Wildman–Crippen LogP) is 21.2. The van der Waals surface area contributed by atoms with Gasteiger partial charge >= 0.3 is 23.3 Å². The Morgan fingerprint density at radius 3 is 0.989 bits per heavy atom. The molecule has 90 heavy (non-hydrogen) atoms. The van der Waals surface area contributed by atoms with Gasteiger partial charge < -0.3 is 28.4 Å². The Kier molecular flexibility index (Phi) is 31.3. The van der Waals surface area contributed by atoms with E-state index in [-0.39, 0.29) is 45.3 Å². The van der Waals surface area contributed by atoms with Crippen LogP contribution in [0.1, 0.15) is 240 Å². The van der Waals surface area contributed by atoms with Crippen molar-refractivity contribution in [1.29, 1.82) is 0 Å². The van der Waals surface area contributed by atoms with Crippen molar-refractivity contribution in [3.63, 3.8) is 0 Å². The average Bonchev–Trinajstić information content (AvgIpc) is 0.975. The SMILES string of the molecule is CCCCCCCCCCOc1ccc(-c2ccc(C(=O)Oc3cc(C#Cc4cc(OC(=O)c5ccc(-c6ccc(OCCCCCCCCCC)cc6)cc5)c([N+](=O)[O-])cc4OC(C)CCCCCC)c(OC(C)CCCCCC)cc3[N+](=O)[O-])cc2)cc1. The minimum atomic E-state index is -0.838. The molecule has 0 aliphatic rings. The van der Waals surface area contributed by atoms with Crippen molar-refractivity contribution in [3.05, 3.63) is 164 Å². The van der Waals surface area contributed by atoms with Crippen LogP contribution in [-0.4, -0.2) is 47.2 Å². The Balaban J connectivity index is 1.24. The molecule has 0 saturated heterocycles. The Bertz CT molecular complexity index is 2990. The van der Waals surface area contributed by atoms with E-state index in [9.17, 15) is 29.8 Å². The van der Waals surface area contributed by atoms with Crippen LogP contribution in [0, 0.1) is 32.1 Å². The highest BCUT2D eigenvalue weighted by Gasteiger charge is 2.27. The van der Waals surface area contributed by atoms with E-state index in [4.69, 9.17) is 28.4 Å². The lowest BCUT2D eigenvalue weighted by Crippen LogP contribution is -2.14. The van der Waals surface area contributed by atoms with Gasteiger partial charge in [0.1, 0.15) is 23.0 Å². The number of unbranched alkanes of at least 4 members (excludes halogenated alkanes) is 20. The van der Waals surface area contributed by atoms with E-state index in [0.29, 0.717) is 26.1 Å². The first kappa shape index (κ1) is 70.9. The molecule has 0 fully saturated rings. The van der Waals surface area contributed by atoms with Crippen molar-refractivity contribution < 1.29 is 47.9 Å². The smallest absolute Gasteiger partial charge is 0.343 e. The number of nitrogens with zero attached hydrogens (tertiary/aromatic N) is 2. The van der Waals surface area contributed by atoms with Crippen LogP contribution in [0.15, 0.2) is 121 Å². The third kappa shape index (κ3) is 24.3. The molecule has 2 atom stereocenters. The summed E-state index contributed by atoms with van der Waals surface area (Å²) in [7, 11) is 0. The van der Waals surface area contributed by atoms with Gasteiger partial charge in [-0.25, -0.2) is 9.59 Å². The van der Waals surface area contributed by atoms with Gasteiger partial charge in [0.05, 0.1) is 69.7 Å². The van der Waals surface area contributed by atoms with Gasteiger partial charge in [0.15, 0.2) is 0 Å². The van der Waals surface area contributed by atoms with Gasteiger partial charge in [0.25, 0.3) is 0 Å². The summed E-state index contributed by atoms with van der Waals surface area (Å²) in [5, 5.41) is 25.6. The topological polar surface area (TPSA) is 176 Å². The lowest BCUT2D eigenvalue weighted by molar-refractivity contribution is -0.385. The fourth-order valence-electron chi connectivity index (χ4n) is 10.6. The summed E-state index contributed by atoms with van der Waals surface area (Å²) >= 11 is 0. The molecule has 0 N–H and O–H groups in total. The number of carbonyl (C=O) groups excluding carboxylic acids is 2. The van der Waals surface area contributed by atoms with Crippen LogP contribution < -0.4 is 28.4 Å². The molecule has 6 aromatic rings. The molecule has 2 unspecified atom stereocenters. The number of carbonyl (C=O) groups is 2. The van der Waals surface area contributed by atoms with Crippen molar-refractivity contribution in [2.75, 3.05) is 13.2 Å². The second-order valence-electron chi connectivity index (χ2n) is 23.6. The van der Waals surface area contributed by atoms with Crippen LogP contribution in [0.2, 0.25) is 0 Å². The number of hydrogen-bond acceptors (Lipinski definition) is 12. The van der Waals surface area contributed by atoms with Gasteiger partial charge in [-0.15, -0.1) is 0 Å². The molecule has 0 radical (unpaired) electrons. The molecule has 482 valence electrons. The van der Waals surface area contributed by atoms with Crippen LogP contribution in [0.3, 0.4) is 0 Å². The van der Waals surface area contributed by atoms with E-state index in [1.165, 1.54) is 101 Å². The summed E-state index contributed by atoms with van der Waals surface area (Å²) in [6.45, 7) is 13.8. The maximum Gasteiger partial charge on any atom is 0.343 e. The highest BCUT2D eigenvalue weighted by Crippen LogP contribution is 2.39. The van der Waals surface area contributed by atoms with E-state index in [1.54, 1.807) is 48.5 Å². The van der Waals surface area contributed by atoms with E-state index in [0.717, 1.165) is 111 Å². The first-order chi connectivity index (χ1) is 43.8. The maximum absolute atomic E-state index is 13.9. The van der Waals surface area contributed by atoms with Gasteiger partial charge in [-0.1, -0.05) is 216 Å². The number of esters is 2. The summed E-state index contributed by atoms with van der Waals surface area (Å²) in [4.78, 5) is 52.2. The lowest BCUT2D eigenvalue weighted by Gasteiger charge is -2.17. The molecule has 6 rings (SSSR count). The zero-order valence-electron chi connectivity index (χ0n) is 54.3. The van der Waals surface area contributed by atoms with Crippen LogP contribution in [0.4, 0.5) is 11.4 Å². The van der Waals surface area contributed by atoms with E-state index in [2.05, 4.69) is 39.5 Å². The summed E-state index contributed by atoms with van der Waals surface area (Å²) in [5.41, 5.74) is 3.03. The Morgan fingerprint density at radius 2 is 0.678 bits per heavy atom. The number of hydrogen-bond donors (Lipinski definition) is 0. The molecule has 0 aliphatic carbocycles. The summed E-state index contributed by atoms with van der Waals surface area (Å²) in [6, 6.07) is 34.1. The molecule has 0 heterocycles. The average molecular weight is 1230 g/mol. The molecular formula is C76H96N2O12. The Labute approximate surface area is 535 Å². The zero-order chi connectivity index (χ0) is 64.3. The summed E-state index contributed by atoms with van der Waals surface area (Å²) in [6.07, 6.45) is 28.0. The van der Waals surface area contributed by atoms with Crippen molar-refractivity contribution in [2.24, 2.45) is 0 Å². The van der Waals surface area contributed by atoms with Crippen LogP contribution in [0.25, 0.3) is 22.3 Å². The third-order valence-corrected chi connectivity index (χ3v) is 16.0. The van der Waals surface area contributed by atoms with Crippen LogP contribution in [-0.2, 0) is 0 Å². The minimum absolute atomic E-state index is 0.0630. The summed E-state index contributed by atoms with van der Waals surface area (Å²) in [5.74, 6) is 5.42. The minimum Gasteiger partial charge on any atom is -0.494 e. The largest absolute Gasteiger partial charge is 0.494 e. The highest BCUT2D eigenvalue weighted by molar-refractivity contribution is 5.93. The van der Waals surface area contributed by atoms with Crippen molar-refractivity contribution in [2.45, 2.75) is 221 Å².